The summed E-state index contributed by atoms with van der Waals surface area (Å²) >= 11 is 0. The van der Waals surface area contributed by atoms with Crippen molar-refractivity contribution in [2.45, 2.75) is 33.6 Å². The van der Waals surface area contributed by atoms with Gasteiger partial charge in [0.25, 0.3) is 0 Å². The van der Waals surface area contributed by atoms with E-state index in [0.29, 0.717) is 34.2 Å². The van der Waals surface area contributed by atoms with Gasteiger partial charge in [0.05, 0.1) is 11.8 Å². The van der Waals surface area contributed by atoms with Crippen molar-refractivity contribution in [2.75, 3.05) is 0 Å². The van der Waals surface area contributed by atoms with Gasteiger partial charge in [-0.15, -0.1) is 0 Å². The number of Topliss-reactive ketones (excluding diaryl/α,β-unsaturated/α-hetero) is 1. The summed E-state index contributed by atoms with van der Waals surface area (Å²) in [6, 6.07) is 11.6. The molecule has 5 nitrogen and oxygen atoms in total. The largest absolute Gasteiger partial charge is 0.318 e. The molecule has 0 saturated carbocycles. The lowest BCUT2D eigenvalue weighted by atomic mass is 9.95. The highest BCUT2D eigenvalue weighted by atomic mass is 19.1. The molecular weight excluding hydrogens is 343 g/mol. The standard InChI is InChI=1S/C21H19FN4O/c1-12-8-20(25-15(4)24-12)19(11-23)21(27)18-9-13(2)26(14(18)3)17-7-5-6-16(22)10-17/h5-10,19H,1-4H3. The van der Waals surface area contributed by atoms with Crippen LogP contribution < -0.4 is 0 Å². The molecule has 0 bridgehead atoms. The average molecular weight is 362 g/mol. The molecule has 0 spiro atoms. The number of carbonyl (C=O) groups is 1. The van der Waals surface area contributed by atoms with Crippen LogP contribution in [0.1, 0.15) is 44.9 Å². The molecular formula is C21H19FN4O. The molecule has 0 saturated heterocycles. The number of ketones is 1. The van der Waals surface area contributed by atoms with Crippen molar-refractivity contribution < 1.29 is 9.18 Å². The molecule has 0 aliphatic rings. The summed E-state index contributed by atoms with van der Waals surface area (Å²) in [4.78, 5) is 21.6. The normalized spacial score (nSPS) is 11.9. The highest BCUT2D eigenvalue weighted by molar-refractivity contribution is 6.03. The summed E-state index contributed by atoms with van der Waals surface area (Å²) in [6.07, 6.45) is 0. The van der Waals surface area contributed by atoms with Crippen molar-refractivity contribution in [1.82, 2.24) is 14.5 Å². The molecule has 0 fully saturated rings. The van der Waals surface area contributed by atoms with Gasteiger partial charge < -0.3 is 4.57 Å². The molecule has 2 heterocycles. The van der Waals surface area contributed by atoms with E-state index in [-0.39, 0.29) is 11.6 Å². The molecule has 2 aromatic heterocycles. The van der Waals surface area contributed by atoms with Crippen molar-refractivity contribution in [3.63, 3.8) is 0 Å². The van der Waals surface area contributed by atoms with Crippen LogP contribution >= 0.6 is 0 Å². The quantitative estimate of drug-likeness (QED) is 0.654. The van der Waals surface area contributed by atoms with Crippen molar-refractivity contribution in [2.24, 2.45) is 0 Å². The number of halogens is 1. The third-order valence-electron chi connectivity index (χ3n) is 4.44. The Morgan fingerprint density at radius 2 is 1.89 bits per heavy atom. The van der Waals surface area contributed by atoms with Crippen LogP contribution in [-0.4, -0.2) is 20.3 Å². The van der Waals surface area contributed by atoms with E-state index in [4.69, 9.17) is 0 Å². The first-order valence-electron chi connectivity index (χ1n) is 8.52. The summed E-state index contributed by atoms with van der Waals surface area (Å²) in [5, 5.41) is 9.63. The Hall–Kier alpha value is -3.33. The zero-order valence-corrected chi connectivity index (χ0v) is 15.6. The number of nitriles is 1. The van der Waals surface area contributed by atoms with Crippen molar-refractivity contribution in [1.29, 1.82) is 5.26 Å². The molecule has 0 N–H and O–H groups in total. The van der Waals surface area contributed by atoms with Crippen LogP contribution in [-0.2, 0) is 0 Å². The van der Waals surface area contributed by atoms with Crippen LogP contribution in [0.25, 0.3) is 5.69 Å². The van der Waals surface area contributed by atoms with E-state index in [1.807, 2.05) is 6.92 Å². The maximum atomic E-state index is 13.6. The minimum absolute atomic E-state index is 0.328. The first-order chi connectivity index (χ1) is 12.8. The number of rotatable bonds is 4. The zero-order chi connectivity index (χ0) is 19.7. The number of aromatic nitrogens is 3. The number of hydrogen-bond acceptors (Lipinski definition) is 4. The molecule has 3 aromatic rings. The lowest BCUT2D eigenvalue weighted by Gasteiger charge is -2.11. The van der Waals surface area contributed by atoms with Crippen LogP contribution in [0.4, 0.5) is 4.39 Å². The van der Waals surface area contributed by atoms with E-state index in [1.165, 1.54) is 12.1 Å². The molecule has 0 aliphatic carbocycles. The van der Waals surface area contributed by atoms with Gasteiger partial charge in [-0.1, -0.05) is 6.07 Å². The number of benzene rings is 1. The fourth-order valence-corrected chi connectivity index (χ4v) is 3.33. The molecule has 1 atom stereocenters. The van der Waals surface area contributed by atoms with Gasteiger partial charge in [0.2, 0.25) is 0 Å². The van der Waals surface area contributed by atoms with Crippen LogP contribution in [0.15, 0.2) is 36.4 Å². The lowest BCUT2D eigenvalue weighted by Crippen LogP contribution is -2.15. The van der Waals surface area contributed by atoms with E-state index < -0.39 is 5.92 Å². The number of aryl methyl sites for hydroxylation is 3. The topological polar surface area (TPSA) is 71.6 Å². The predicted octanol–water partition coefficient (Wildman–Crippen LogP) is 4.13. The minimum Gasteiger partial charge on any atom is -0.318 e. The smallest absolute Gasteiger partial charge is 0.187 e. The van der Waals surface area contributed by atoms with Crippen molar-refractivity contribution in [3.05, 3.63) is 76.4 Å². The SMILES string of the molecule is Cc1cc(C(C#N)C(=O)c2cc(C)n(-c3cccc(F)c3)c2C)nc(C)n1. The fourth-order valence-electron chi connectivity index (χ4n) is 3.33. The Kier molecular flexibility index (Phi) is 4.87. The van der Waals surface area contributed by atoms with Gasteiger partial charge in [0, 0.05) is 28.3 Å². The number of nitrogens with zero attached hydrogens (tertiary/aromatic N) is 4. The summed E-state index contributed by atoms with van der Waals surface area (Å²) in [6.45, 7) is 7.16. The molecule has 3 rings (SSSR count). The second kappa shape index (κ2) is 7.12. The first kappa shape index (κ1) is 18.5. The van der Waals surface area contributed by atoms with E-state index >= 15 is 0 Å². The number of carbonyl (C=O) groups excluding carboxylic acids is 1. The summed E-state index contributed by atoms with van der Waals surface area (Å²) in [5.41, 5.74) is 3.60. The van der Waals surface area contributed by atoms with Crippen molar-refractivity contribution in [3.8, 4) is 11.8 Å². The van der Waals surface area contributed by atoms with E-state index in [9.17, 15) is 14.4 Å². The Bertz CT molecular complexity index is 1060. The van der Waals surface area contributed by atoms with Gasteiger partial charge in [-0.05, 0) is 58.0 Å². The molecule has 1 unspecified atom stereocenters. The summed E-state index contributed by atoms with van der Waals surface area (Å²) < 4.78 is 15.4. The Morgan fingerprint density at radius 1 is 1.15 bits per heavy atom. The van der Waals surface area contributed by atoms with E-state index in [2.05, 4.69) is 16.0 Å². The number of hydrogen-bond donors (Lipinski definition) is 0. The van der Waals surface area contributed by atoms with Crippen LogP contribution in [0.5, 0.6) is 0 Å². The maximum absolute atomic E-state index is 13.6. The molecule has 1 aromatic carbocycles. The Labute approximate surface area is 157 Å². The fraction of sp³-hybridized carbons (Fsp3) is 0.238. The minimum atomic E-state index is -1.02. The average Bonchev–Trinajstić information content (AvgIpc) is 2.89. The third kappa shape index (κ3) is 3.49. The van der Waals surface area contributed by atoms with Gasteiger partial charge in [-0.2, -0.15) is 5.26 Å². The molecule has 0 amide bonds. The first-order valence-corrected chi connectivity index (χ1v) is 8.52. The van der Waals surface area contributed by atoms with Crippen LogP contribution in [0.2, 0.25) is 0 Å². The van der Waals surface area contributed by atoms with Crippen LogP contribution in [0.3, 0.4) is 0 Å². The highest BCUT2D eigenvalue weighted by Gasteiger charge is 2.27. The van der Waals surface area contributed by atoms with Gasteiger partial charge in [-0.25, -0.2) is 14.4 Å². The van der Waals surface area contributed by atoms with Crippen molar-refractivity contribution >= 4 is 5.78 Å². The van der Waals surface area contributed by atoms with E-state index in [1.54, 1.807) is 49.6 Å². The van der Waals surface area contributed by atoms with Gasteiger partial charge in [-0.3, -0.25) is 4.79 Å². The Morgan fingerprint density at radius 3 is 2.52 bits per heavy atom. The van der Waals surface area contributed by atoms with Gasteiger partial charge in [0.15, 0.2) is 11.7 Å². The molecule has 6 heteroatoms. The highest BCUT2D eigenvalue weighted by Crippen LogP contribution is 2.26. The lowest BCUT2D eigenvalue weighted by molar-refractivity contribution is 0.0977. The Balaban J connectivity index is 2.07. The second-order valence-electron chi connectivity index (χ2n) is 6.51. The summed E-state index contributed by atoms with van der Waals surface area (Å²) in [5.74, 6) is -1.18. The third-order valence-corrected chi connectivity index (χ3v) is 4.44. The van der Waals surface area contributed by atoms with Gasteiger partial charge >= 0.3 is 0 Å². The molecule has 27 heavy (non-hydrogen) atoms. The van der Waals surface area contributed by atoms with Gasteiger partial charge in [0.1, 0.15) is 11.6 Å². The summed E-state index contributed by atoms with van der Waals surface area (Å²) in [7, 11) is 0. The molecule has 136 valence electrons. The molecule has 0 radical (unpaired) electrons. The second-order valence-corrected chi connectivity index (χ2v) is 6.51. The monoisotopic (exact) mass is 362 g/mol. The van der Waals surface area contributed by atoms with E-state index in [0.717, 1.165) is 5.69 Å². The molecule has 0 aliphatic heterocycles. The maximum Gasteiger partial charge on any atom is 0.187 e. The van der Waals surface area contributed by atoms with Crippen LogP contribution in [0, 0.1) is 44.8 Å². The zero-order valence-electron chi connectivity index (χ0n) is 15.6. The predicted molar refractivity (Wildman–Crippen MR) is 99.4 cm³/mol.